The largest absolute Gasteiger partial charge is 0.319 e. The van der Waals surface area contributed by atoms with Crippen molar-refractivity contribution >= 4 is 32.7 Å². The standard InChI is InChI=1S/C14H14BrN5/c1-17-6-5-12-13(15)20-11-4-3-9(8-16)7-10(11)18-14(20)19(12)2/h3-4,7,17H,5-6H2,1-2H3. The number of hydrogen-bond donors (Lipinski definition) is 1. The van der Waals surface area contributed by atoms with E-state index in [4.69, 9.17) is 5.26 Å². The van der Waals surface area contributed by atoms with Gasteiger partial charge < -0.3 is 9.88 Å². The molecule has 0 amide bonds. The molecule has 0 atom stereocenters. The minimum Gasteiger partial charge on any atom is -0.319 e. The molecule has 0 saturated heterocycles. The fraction of sp³-hybridized carbons (Fsp3) is 0.286. The smallest absolute Gasteiger partial charge is 0.215 e. The molecular formula is C14H14BrN5. The highest BCUT2D eigenvalue weighted by Crippen LogP contribution is 2.27. The first-order valence-corrected chi connectivity index (χ1v) is 7.16. The van der Waals surface area contributed by atoms with Gasteiger partial charge in [-0.25, -0.2) is 4.98 Å². The van der Waals surface area contributed by atoms with Gasteiger partial charge in [-0.3, -0.25) is 4.40 Å². The first-order chi connectivity index (χ1) is 9.67. The molecule has 20 heavy (non-hydrogen) atoms. The van der Waals surface area contributed by atoms with Crippen LogP contribution >= 0.6 is 15.9 Å². The molecule has 0 radical (unpaired) electrons. The Hall–Kier alpha value is -1.84. The summed E-state index contributed by atoms with van der Waals surface area (Å²) in [4.78, 5) is 4.64. The number of hydrogen-bond acceptors (Lipinski definition) is 3. The van der Waals surface area contributed by atoms with Gasteiger partial charge in [0.15, 0.2) is 0 Å². The molecule has 2 heterocycles. The Morgan fingerprint density at radius 1 is 1.45 bits per heavy atom. The van der Waals surface area contributed by atoms with Crippen molar-refractivity contribution in [3.63, 3.8) is 0 Å². The number of benzene rings is 1. The zero-order valence-corrected chi connectivity index (χ0v) is 12.9. The highest BCUT2D eigenvalue weighted by molar-refractivity contribution is 9.10. The van der Waals surface area contributed by atoms with E-state index < -0.39 is 0 Å². The average Bonchev–Trinajstić information content (AvgIpc) is 2.94. The van der Waals surface area contributed by atoms with E-state index in [1.165, 1.54) is 5.69 Å². The van der Waals surface area contributed by atoms with Crippen molar-refractivity contribution in [3.8, 4) is 6.07 Å². The zero-order valence-electron chi connectivity index (χ0n) is 11.3. The quantitative estimate of drug-likeness (QED) is 0.800. The molecule has 1 N–H and O–H groups in total. The topological polar surface area (TPSA) is 58.0 Å². The van der Waals surface area contributed by atoms with Gasteiger partial charge in [-0.05, 0) is 41.2 Å². The van der Waals surface area contributed by atoms with E-state index in [0.717, 1.165) is 34.4 Å². The number of aromatic nitrogens is 3. The number of nitriles is 1. The Bertz CT molecular complexity index is 837. The van der Waals surface area contributed by atoms with Crippen molar-refractivity contribution in [2.24, 2.45) is 7.05 Å². The molecule has 0 unspecified atom stereocenters. The van der Waals surface area contributed by atoms with Crippen LogP contribution in [0.4, 0.5) is 0 Å². The number of nitrogens with zero attached hydrogens (tertiary/aromatic N) is 4. The molecule has 5 nitrogen and oxygen atoms in total. The lowest BCUT2D eigenvalue weighted by molar-refractivity contribution is 0.741. The van der Waals surface area contributed by atoms with Crippen molar-refractivity contribution in [1.29, 1.82) is 5.26 Å². The molecule has 102 valence electrons. The van der Waals surface area contributed by atoms with E-state index in [0.29, 0.717) is 5.56 Å². The van der Waals surface area contributed by atoms with Gasteiger partial charge in [0.2, 0.25) is 5.78 Å². The fourth-order valence-corrected chi connectivity index (χ4v) is 3.27. The van der Waals surface area contributed by atoms with E-state index in [2.05, 4.69) is 41.3 Å². The molecule has 0 aliphatic carbocycles. The second-order valence-electron chi connectivity index (χ2n) is 4.71. The minimum atomic E-state index is 0.632. The maximum Gasteiger partial charge on any atom is 0.215 e. The third-order valence-corrected chi connectivity index (χ3v) is 4.33. The molecule has 6 heteroatoms. The van der Waals surface area contributed by atoms with Gasteiger partial charge in [-0.15, -0.1) is 0 Å². The van der Waals surface area contributed by atoms with Crippen molar-refractivity contribution in [2.75, 3.05) is 13.6 Å². The Balaban J connectivity index is 2.27. The van der Waals surface area contributed by atoms with Crippen molar-refractivity contribution in [1.82, 2.24) is 19.3 Å². The van der Waals surface area contributed by atoms with Crippen molar-refractivity contribution < 1.29 is 0 Å². The summed E-state index contributed by atoms with van der Waals surface area (Å²) in [5.41, 5.74) is 3.69. The van der Waals surface area contributed by atoms with Crippen LogP contribution < -0.4 is 5.32 Å². The Morgan fingerprint density at radius 3 is 2.95 bits per heavy atom. The van der Waals surface area contributed by atoms with Crippen LogP contribution in [0, 0.1) is 11.3 Å². The van der Waals surface area contributed by atoms with Crippen molar-refractivity contribution in [2.45, 2.75) is 6.42 Å². The molecule has 0 saturated carbocycles. The summed E-state index contributed by atoms with van der Waals surface area (Å²) in [5, 5.41) is 12.1. The summed E-state index contributed by atoms with van der Waals surface area (Å²) >= 11 is 3.68. The molecule has 3 rings (SSSR count). The minimum absolute atomic E-state index is 0.632. The van der Waals surface area contributed by atoms with Crippen LogP contribution in [0.2, 0.25) is 0 Å². The molecule has 0 fully saturated rings. The lowest BCUT2D eigenvalue weighted by Gasteiger charge is -2.03. The second-order valence-corrected chi connectivity index (χ2v) is 5.46. The van der Waals surface area contributed by atoms with Crippen LogP contribution in [0.1, 0.15) is 11.3 Å². The van der Waals surface area contributed by atoms with E-state index in [9.17, 15) is 0 Å². The predicted octanol–water partition coefficient (Wildman–Crippen LogP) is 2.22. The summed E-state index contributed by atoms with van der Waals surface area (Å²) in [6, 6.07) is 7.74. The maximum absolute atomic E-state index is 8.97. The number of halogens is 1. The third-order valence-electron chi connectivity index (χ3n) is 3.52. The Morgan fingerprint density at radius 2 is 2.25 bits per heavy atom. The summed E-state index contributed by atoms with van der Waals surface area (Å²) in [6.07, 6.45) is 0.925. The monoisotopic (exact) mass is 331 g/mol. The van der Waals surface area contributed by atoms with Crippen molar-refractivity contribution in [3.05, 3.63) is 34.1 Å². The SMILES string of the molecule is CNCCc1c(Br)n2c3ccc(C#N)cc3nc2n1C. The van der Waals surface area contributed by atoms with E-state index in [1.54, 1.807) is 0 Å². The molecule has 0 bridgehead atoms. The van der Waals surface area contributed by atoms with Gasteiger partial charge in [0, 0.05) is 20.0 Å². The Labute approximate surface area is 125 Å². The summed E-state index contributed by atoms with van der Waals surface area (Å²) in [5.74, 6) is 0.882. The fourth-order valence-electron chi connectivity index (χ4n) is 2.46. The van der Waals surface area contributed by atoms with Crippen LogP contribution in [0.25, 0.3) is 16.8 Å². The first-order valence-electron chi connectivity index (χ1n) is 6.37. The molecule has 1 aromatic carbocycles. The maximum atomic E-state index is 8.97. The Kier molecular flexibility index (Phi) is 3.24. The number of fused-ring (bicyclic) bond motifs is 3. The molecule has 0 spiro atoms. The van der Waals surface area contributed by atoms with Gasteiger partial charge in [-0.2, -0.15) is 5.26 Å². The van der Waals surface area contributed by atoms with Gasteiger partial charge in [0.1, 0.15) is 4.60 Å². The van der Waals surface area contributed by atoms with Gasteiger partial charge in [0.25, 0.3) is 0 Å². The van der Waals surface area contributed by atoms with Gasteiger partial charge in [-0.1, -0.05) is 0 Å². The number of aryl methyl sites for hydroxylation is 1. The number of nitrogens with one attached hydrogen (secondary N) is 1. The highest BCUT2D eigenvalue weighted by Gasteiger charge is 2.17. The normalized spacial score (nSPS) is 11.3. The second kappa shape index (κ2) is 4.93. The summed E-state index contributed by atoms with van der Waals surface area (Å²) < 4.78 is 5.20. The zero-order chi connectivity index (χ0) is 14.3. The summed E-state index contributed by atoms with van der Waals surface area (Å²) in [7, 11) is 3.96. The van der Waals surface area contributed by atoms with Gasteiger partial charge in [0.05, 0.1) is 28.4 Å². The number of likely N-dealkylation sites (N-methyl/N-ethyl adjacent to an activating group) is 1. The average molecular weight is 332 g/mol. The molecule has 2 aromatic heterocycles. The summed E-state index contributed by atoms with van der Waals surface area (Å²) in [6.45, 7) is 0.913. The van der Waals surface area contributed by atoms with E-state index >= 15 is 0 Å². The van der Waals surface area contributed by atoms with Crippen LogP contribution in [-0.2, 0) is 13.5 Å². The van der Waals surface area contributed by atoms with E-state index in [1.807, 2.05) is 32.3 Å². The highest BCUT2D eigenvalue weighted by atomic mass is 79.9. The lowest BCUT2D eigenvalue weighted by Crippen LogP contribution is -2.12. The van der Waals surface area contributed by atoms with Crippen LogP contribution in [0.5, 0.6) is 0 Å². The van der Waals surface area contributed by atoms with Crippen LogP contribution in [0.3, 0.4) is 0 Å². The van der Waals surface area contributed by atoms with E-state index in [-0.39, 0.29) is 0 Å². The molecule has 0 aliphatic heterocycles. The predicted molar refractivity (Wildman–Crippen MR) is 81.7 cm³/mol. The number of rotatable bonds is 3. The van der Waals surface area contributed by atoms with Crippen LogP contribution in [0.15, 0.2) is 22.8 Å². The molecule has 3 aromatic rings. The number of imidazole rings is 2. The molecule has 0 aliphatic rings. The van der Waals surface area contributed by atoms with Crippen LogP contribution in [-0.4, -0.2) is 27.5 Å². The third kappa shape index (κ3) is 1.82. The van der Waals surface area contributed by atoms with Gasteiger partial charge >= 0.3 is 0 Å². The first kappa shape index (κ1) is 13.2. The molecular weight excluding hydrogens is 318 g/mol. The lowest BCUT2D eigenvalue weighted by atomic mass is 10.2.